The van der Waals surface area contributed by atoms with E-state index in [2.05, 4.69) is 41.3 Å². The van der Waals surface area contributed by atoms with E-state index in [0.717, 1.165) is 36.1 Å². The van der Waals surface area contributed by atoms with Crippen LogP contribution in [0.1, 0.15) is 30.4 Å². The van der Waals surface area contributed by atoms with Crippen molar-refractivity contribution in [1.29, 1.82) is 10.5 Å². The second-order valence-electron chi connectivity index (χ2n) is 8.14. The summed E-state index contributed by atoms with van der Waals surface area (Å²) in [7, 11) is 0. The molecule has 2 atom stereocenters. The van der Waals surface area contributed by atoms with Crippen molar-refractivity contribution in [3.63, 3.8) is 0 Å². The van der Waals surface area contributed by atoms with Crippen LogP contribution in [0, 0.1) is 22.7 Å². The van der Waals surface area contributed by atoms with E-state index >= 15 is 0 Å². The predicted octanol–water partition coefficient (Wildman–Crippen LogP) is 5.69. The Morgan fingerprint density at radius 2 is 1.03 bits per heavy atom. The number of rotatable bonds is 5. The lowest BCUT2D eigenvalue weighted by atomic mass is 9.72. The van der Waals surface area contributed by atoms with Crippen LogP contribution in [-0.4, -0.2) is 11.1 Å². The van der Waals surface area contributed by atoms with Crippen molar-refractivity contribution in [3.8, 4) is 12.1 Å². The Balaban J connectivity index is 1.85. The molecule has 1 aliphatic heterocycles. The molecule has 1 heterocycles. The van der Waals surface area contributed by atoms with Gasteiger partial charge in [0.1, 0.15) is 11.1 Å². The van der Waals surface area contributed by atoms with Gasteiger partial charge in [0.25, 0.3) is 0 Å². The minimum Gasteiger partial charge on any atom is -0.334 e. The number of nitriles is 2. The van der Waals surface area contributed by atoms with E-state index in [1.807, 2.05) is 66.7 Å². The highest BCUT2D eigenvalue weighted by Crippen LogP contribution is 2.45. The summed E-state index contributed by atoms with van der Waals surface area (Å²) in [5.41, 5.74) is 1.63. The maximum atomic E-state index is 10.5. The number of piperidine rings is 1. The first-order valence-electron chi connectivity index (χ1n) is 10.5. The van der Waals surface area contributed by atoms with Crippen LogP contribution in [0.4, 0.5) is 5.69 Å². The van der Waals surface area contributed by atoms with Crippen molar-refractivity contribution in [2.45, 2.75) is 43.2 Å². The SMILES string of the molecule is N#CC1(Cc2ccccc2)CCCC(C#N)(Cc2ccccc2)N1c1ccccc1. The summed E-state index contributed by atoms with van der Waals surface area (Å²) in [5, 5.41) is 21.1. The predicted molar refractivity (Wildman–Crippen MR) is 120 cm³/mol. The van der Waals surface area contributed by atoms with Gasteiger partial charge < -0.3 is 4.90 Å². The normalized spacial score (nSPS) is 23.3. The van der Waals surface area contributed by atoms with Gasteiger partial charge in [-0.3, -0.25) is 0 Å². The Morgan fingerprint density at radius 3 is 1.43 bits per heavy atom. The summed E-state index contributed by atoms with van der Waals surface area (Å²) in [6.45, 7) is 0. The highest BCUT2D eigenvalue weighted by molar-refractivity contribution is 5.59. The lowest BCUT2D eigenvalue weighted by Gasteiger charge is -2.53. The van der Waals surface area contributed by atoms with Crippen molar-refractivity contribution in [2.75, 3.05) is 4.90 Å². The van der Waals surface area contributed by atoms with Crippen molar-refractivity contribution in [2.24, 2.45) is 0 Å². The Bertz CT molecular complexity index is 983. The molecule has 3 aromatic rings. The number of anilines is 1. The molecular weight excluding hydrogens is 366 g/mol. The highest BCUT2D eigenvalue weighted by atomic mass is 15.3. The van der Waals surface area contributed by atoms with E-state index in [1.165, 1.54) is 0 Å². The van der Waals surface area contributed by atoms with Crippen molar-refractivity contribution >= 4 is 5.69 Å². The van der Waals surface area contributed by atoms with Crippen LogP contribution >= 0.6 is 0 Å². The molecule has 0 bridgehead atoms. The number of hydrogen-bond donors (Lipinski definition) is 0. The Morgan fingerprint density at radius 1 is 0.633 bits per heavy atom. The van der Waals surface area contributed by atoms with Crippen molar-refractivity contribution < 1.29 is 0 Å². The first kappa shape index (κ1) is 19.7. The Kier molecular flexibility index (Phi) is 5.55. The van der Waals surface area contributed by atoms with Crippen LogP contribution in [-0.2, 0) is 12.8 Å². The average Bonchev–Trinajstić information content (AvgIpc) is 2.81. The van der Waals surface area contributed by atoms with Gasteiger partial charge in [0.05, 0.1) is 12.1 Å². The van der Waals surface area contributed by atoms with Crippen molar-refractivity contribution in [1.82, 2.24) is 0 Å². The van der Waals surface area contributed by atoms with E-state index < -0.39 is 11.1 Å². The molecule has 4 rings (SSSR count). The highest BCUT2D eigenvalue weighted by Gasteiger charge is 2.52. The first-order valence-corrected chi connectivity index (χ1v) is 10.5. The lowest BCUT2D eigenvalue weighted by molar-refractivity contribution is 0.268. The molecule has 0 aromatic heterocycles. The zero-order valence-electron chi connectivity index (χ0n) is 17.0. The van der Waals surface area contributed by atoms with Crippen LogP contribution in [0.3, 0.4) is 0 Å². The van der Waals surface area contributed by atoms with Crippen LogP contribution in [0.5, 0.6) is 0 Å². The fraction of sp³-hybridized carbons (Fsp3) is 0.259. The second kappa shape index (κ2) is 8.44. The van der Waals surface area contributed by atoms with Gasteiger partial charge in [0.2, 0.25) is 0 Å². The van der Waals surface area contributed by atoms with Gasteiger partial charge in [-0.25, -0.2) is 0 Å². The minimum absolute atomic E-state index is 0.595. The van der Waals surface area contributed by atoms with E-state index in [1.54, 1.807) is 0 Å². The Hall–Kier alpha value is -3.56. The standard InChI is InChI=1S/C27H25N3/c28-21-26(19-23-11-4-1-5-12-23)17-10-18-27(22-29,20-24-13-6-2-7-14-24)30(26)25-15-8-3-9-16-25/h1-9,11-16H,10,17-20H2. The topological polar surface area (TPSA) is 50.8 Å². The molecule has 3 heteroatoms. The number of nitrogens with zero attached hydrogens (tertiary/aromatic N) is 3. The van der Waals surface area contributed by atoms with Gasteiger partial charge >= 0.3 is 0 Å². The number of benzene rings is 3. The van der Waals surface area contributed by atoms with Gasteiger partial charge in [-0.1, -0.05) is 78.9 Å². The quantitative estimate of drug-likeness (QED) is 0.562. The van der Waals surface area contributed by atoms with E-state index in [9.17, 15) is 10.5 Å². The second-order valence-corrected chi connectivity index (χ2v) is 8.14. The summed E-state index contributed by atoms with van der Waals surface area (Å²) in [6, 6.07) is 35.6. The van der Waals surface area contributed by atoms with Gasteiger partial charge in [-0.15, -0.1) is 0 Å². The molecule has 1 aliphatic rings. The summed E-state index contributed by atoms with van der Waals surface area (Å²) in [6.07, 6.45) is 3.52. The molecule has 148 valence electrons. The van der Waals surface area contributed by atoms with Gasteiger partial charge in [0, 0.05) is 18.5 Å². The zero-order chi connectivity index (χ0) is 20.9. The third-order valence-electron chi connectivity index (χ3n) is 6.15. The maximum absolute atomic E-state index is 10.5. The Labute approximate surface area is 178 Å². The van der Waals surface area contributed by atoms with Gasteiger partial charge in [-0.2, -0.15) is 10.5 Å². The fourth-order valence-electron chi connectivity index (χ4n) is 4.87. The van der Waals surface area contributed by atoms with Crippen LogP contribution in [0.2, 0.25) is 0 Å². The molecule has 1 fully saturated rings. The smallest absolute Gasteiger partial charge is 0.133 e. The molecule has 0 amide bonds. The van der Waals surface area contributed by atoms with Gasteiger partial charge in [-0.05, 0) is 42.5 Å². The lowest BCUT2D eigenvalue weighted by Crippen LogP contribution is -2.65. The largest absolute Gasteiger partial charge is 0.334 e. The van der Waals surface area contributed by atoms with Crippen LogP contribution in [0.25, 0.3) is 0 Å². The minimum atomic E-state index is -0.772. The number of hydrogen-bond acceptors (Lipinski definition) is 3. The molecule has 30 heavy (non-hydrogen) atoms. The van der Waals surface area contributed by atoms with E-state index in [-0.39, 0.29) is 0 Å². The molecule has 0 saturated carbocycles. The van der Waals surface area contributed by atoms with Crippen molar-refractivity contribution in [3.05, 3.63) is 102 Å². The third kappa shape index (κ3) is 3.68. The molecular formula is C27H25N3. The molecule has 2 unspecified atom stereocenters. The first-order chi connectivity index (χ1) is 14.7. The summed E-state index contributed by atoms with van der Waals surface area (Å²) in [5.74, 6) is 0. The molecule has 0 N–H and O–H groups in total. The van der Waals surface area contributed by atoms with Crippen LogP contribution < -0.4 is 4.90 Å². The monoisotopic (exact) mass is 391 g/mol. The van der Waals surface area contributed by atoms with Crippen LogP contribution in [0.15, 0.2) is 91.0 Å². The summed E-state index contributed by atoms with van der Waals surface area (Å²) < 4.78 is 0. The molecule has 1 saturated heterocycles. The maximum Gasteiger partial charge on any atom is 0.133 e. The summed E-state index contributed by atoms with van der Waals surface area (Å²) in [4.78, 5) is 2.14. The summed E-state index contributed by atoms with van der Waals surface area (Å²) >= 11 is 0. The van der Waals surface area contributed by atoms with Gasteiger partial charge in [0.15, 0.2) is 0 Å². The van der Waals surface area contributed by atoms with E-state index in [0.29, 0.717) is 12.8 Å². The zero-order valence-corrected chi connectivity index (χ0v) is 17.0. The molecule has 3 nitrogen and oxygen atoms in total. The molecule has 0 aliphatic carbocycles. The van der Waals surface area contributed by atoms with E-state index in [4.69, 9.17) is 0 Å². The number of para-hydroxylation sites is 1. The molecule has 0 spiro atoms. The average molecular weight is 392 g/mol. The fourth-order valence-corrected chi connectivity index (χ4v) is 4.87. The molecule has 0 radical (unpaired) electrons. The third-order valence-corrected chi connectivity index (χ3v) is 6.15. The molecule has 3 aromatic carbocycles.